The standard InChI is InChI=1S/C21H21N5O2/c27-20(9-8-16-5-2-1-3-6-16)26-12-4-7-17(15-26)13-19-24-21(25-28-19)18-14-22-10-11-23-18/h1-3,5-6,8-11,14,17H,4,7,12-13,15H2/b9-8+. The number of carbonyl (C=O) groups excluding carboxylic acids is 1. The monoisotopic (exact) mass is 375 g/mol. The van der Waals surface area contributed by atoms with Gasteiger partial charge in [-0.25, -0.2) is 4.98 Å². The molecule has 1 amide bonds. The lowest BCUT2D eigenvalue weighted by Crippen LogP contribution is -2.39. The first-order valence-electron chi connectivity index (χ1n) is 9.39. The molecule has 7 heteroatoms. The van der Waals surface area contributed by atoms with Crippen molar-refractivity contribution in [1.82, 2.24) is 25.0 Å². The number of amides is 1. The van der Waals surface area contributed by atoms with E-state index in [4.69, 9.17) is 4.52 Å². The van der Waals surface area contributed by atoms with Crippen molar-refractivity contribution in [3.8, 4) is 11.5 Å². The van der Waals surface area contributed by atoms with E-state index in [1.165, 1.54) is 0 Å². The Labute approximate surface area is 163 Å². The predicted molar refractivity (Wildman–Crippen MR) is 104 cm³/mol. The normalized spacial score (nSPS) is 17.1. The van der Waals surface area contributed by atoms with Gasteiger partial charge in [0.1, 0.15) is 5.69 Å². The average Bonchev–Trinajstić information content (AvgIpc) is 3.22. The fourth-order valence-corrected chi connectivity index (χ4v) is 3.37. The van der Waals surface area contributed by atoms with E-state index in [-0.39, 0.29) is 5.91 Å². The summed E-state index contributed by atoms with van der Waals surface area (Å²) in [6.45, 7) is 1.48. The zero-order valence-corrected chi connectivity index (χ0v) is 15.4. The Morgan fingerprint density at radius 2 is 2.14 bits per heavy atom. The van der Waals surface area contributed by atoms with Gasteiger partial charge in [0, 0.05) is 38.0 Å². The van der Waals surface area contributed by atoms with Crippen molar-refractivity contribution in [2.75, 3.05) is 13.1 Å². The van der Waals surface area contributed by atoms with Gasteiger partial charge in [0.25, 0.3) is 0 Å². The van der Waals surface area contributed by atoms with Gasteiger partial charge in [0.15, 0.2) is 0 Å². The number of hydrogen-bond donors (Lipinski definition) is 0. The summed E-state index contributed by atoms with van der Waals surface area (Å²) in [5, 5.41) is 3.99. The zero-order valence-electron chi connectivity index (χ0n) is 15.4. The van der Waals surface area contributed by atoms with E-state index < -0.39 is 0 Å². The highest BCUT2D eigenvalue weighted by molar-refractivity contribution is 5.91. The van der Waals surface area contributed by atoms with Crippen LogP contribution in [0, 0.1) is 5.92 Å². The molecule has 1 aliphatic heterocycles. The van der Waals surface area contributed by atoms with Gasteiger partial charge < -0.3 is 9.42 Å². The van der Waals surface area contributed by atoms with E-state index in [2.05, 4.69) is 20.1 Å². The second-order valence-corrected chi connectivity index (χ2v) is 6.84. The smallest absolute Gasteiger partial charge is 0.246 e. The molecular weight excluding hydrogens is 354 g/mol. The third-order valence-corrected chi connectivity index (χ3v) is 4.77. The first kappa shape index (κ1) is 18.0. The number of hydrogen-bond acceptors (Lipinski definition) is 6. The van der Waals surface area contributed by atoms with E-state index in [1.807, 2.05) is 41.3 Å². The second kappa shape index (κ2) is 8.56. The van der Waals surface area contributed by atoms with Crippen LogP contribution in [0.15, 0.2) is 59.5 Å². The van der Waals surface area contributed by atoms with Crippen molar-refractivity contribution in [2.24, 2.45) is 5.92 Å². The van der Waals surface area contributed by atoms with Gasteiger partial charge >= 0.3 is 0 Å². The summed E-state index contributed by atoms with van der Waals surface area (Å²) in [4.78, 5) is 27.1. The number of piperidine rings is 1. The van der Waals surface area contributed by atoms with Crippen LogP contribution in [0.3, 0.4) is 0 Å². The van der Waals surface area contributed by atoms with Crippen molar-refractivity contribution in [3.63, 3.8) is 0 Å². The minimum absolute atomic E-state index is 0.0410. The van der Waals surface area contributed by atoms with E-state index >= 15 is 0 Å². The van der Waals surface area contributed by atoms with E-state index in [9.17, 15) is 4.79 Å². The summed E-state index contributed by atoms with van der Waals surface area (Å²) >= 11 is 0. The van der Waals surface area contributed by atoms with Crippen LogP contribution >= 0.6 is 0 Å². The first-order chi connectivity index (χ1) is 13.8. The molecule has 0 saturated carbocycles. The summed E-state index contributed by atoms with van der Waals surface area (Å²) < 4.78 is 5.38. The molecule has 3 heterocycles. The molecule has 1 aliphatic rings. The molecule has 0 N–H and O–H groups in total. The molecule has 0 aliphatic carbocycles. The molecule has 2 aromatic heterocycles. The van der Waals surface area contributed by atoms with Gasteiger partial charge in [-0.05, 0) is 30.4 Å². The molecule has 142 valence electrons. The maximum atomic E-state index is 12.5. The van der Waals surface area contributed by atoms with E-state index in [1.54, 1.807) is 24.7 Å². The van der Waals surface area contributed by atoms with Crippen LogP contribution < -0.4 is 0 Å². The molecule has 0 spiro atoms. The Balaban J connectivity index is 1.36. The number of aromatic nitrogens is 4. The number of nitrogens with zero attached hydrogens (tertiary/aromatic N) is 5. The third kappa shape index (κ3) is 4.49. The second-order valence-electron chi connectivity index (χ2n) is 6.84. The van der Waals surface area contributed by atoms with Crippen molar-refractivity contribution >= 4 is 12.0 Å². The van der Waals surface area contributed by atoms with Crippen LogP contribution in [0.1, 0.15) is 24.3 Å². The topological polar surface area (TPSA) is 85.0 Å². The predicted octanol–water partition coefficient (Wildman–Crippen LogP) is 3.02. The molecule has 1 saturated heterocycles. The molecule has 4 rings (SSSR count). The lowest BCUT2D eigenvalue weighted by Gasteiger charge is -2.31. The number of benzene rings is 1. The fraction of sp³-hybridized carbons (Fsp3) is 0.286. The lowest BCUT2D eigenvalue weighted by molar-refractivity contribution is -0.127. The Morgan fingerprint density at radius 3 is 2.96 bits per heavy atom. The summed E-state index contributed by atoms with van der Waals surface area (Å²) in [6, 6.07) is 9.84. The zero-order chi connectivity index (χ0) is 19.2. The van der Waals surface area contributed by atoms with E-state index in [0.29, 0.717) is 36.3 Å². The number of carbonyl (C=O) groups is 1. The molecule has 28 heavy (non-hydrogen) atoms. The quantitative estimate of drug-likeness (QED) is 0.637. The summed E-state index contributed by atoms with van der Waals surface area (Å²) in [6.07, 6.45) is 11.0. The Morgan fingerprint density at radius 1 is 1.25 bits per heavy atom. The molecule has 1 unspecified atom stereocenters. The highest BCUT2D eigenvalue weighted by atomic mass is 16.5. The van der Waals surface area contributed by atoms with Gasteiger partial charge in [-0.3, -0.25) is 9.78 Å². The molecule has 0 bridgehead atoms. The van der Waals surface area contributed by atoms with Gasteiger partial charge in [-0.1, -0.05) is 35.5 Å². The van der Waals surface area contributed by atoms with Crippen LogP contribution in [0.4, 0.5) is 0 Å². The molecule has 7 nitrogen and oxygen atoms in total. The van der Waals surface area contributed by atoms with Crippen molar-refractivity contribution in [2.45, 2.75) is 19.3 Å². The minimum atomic E-state index is 0.0410. The van der Waals surface area contributed by atoms with Crippen LogP contribution in [0.25, 0.3) is 17.6 Å². The third-order valence-electron chi connectivity index (χ3n) is 4.77. The van der Waals surface area contributed by atoms with Crippen LogP contribution in [-0.4, -0.2) is 44.0 Å². The minimum Gasteiger partial charge on any atom is -0.339 e. The Bertz CT molecular complexity index is 940. The number of rotatable bonds is 5. The van der Waals surface area contributed by atoms with Crippen LogP contribution in [0.5, 0.6) is 0 Å². The molecule has 3 aromatic rings. The Hall–Kier alpha value is -3.35. The van der Waals surface area contributed by atoms with E-state index in [0.717, 1.165) is 24.9 Å². The highest BCUT2D eigenvalue weighted by Gasteiger charge is 2.24. The van der Waals surface area contributed by atoms with Crippen LogP contribution in [-0.2, 0) is 11.2 Å². The van der Waals surface area contributed by atoms with Crippen molar-refractivity contribution in [3.05, 3.63) is 66.5 Å². The summed E-state index contributed by atoms with van der Waals surface area (Å²) in [7, 11) is 0. The number of likely N-dealkylation sites (tertiary alicyclic amines) is 1. The molecule has 1 aromatic carbocycles. The molecule has 1 fully saturated rings. The maximum Gasteiger partial charge on any atom is 0.246 e. The fourth-order valence-electron chi connectivity index (χ4n) is 3.37. The highest BCUT2D eigenvalue weighted by Crippen LogP contribution is 2.22. The van der Waals surface area contributed by atoms with Gasteiger partial charge in [0.2, 0.25) is 17.6 Å². The molecule has 1 atom stereocenters. The van der Waals surface area contributed by atoms with Crippen molar-refractivity contribution < 1.29 is 9.32 Å². The van der Waals surface area contributed by atoms with Gasteiger partial charge in [-0.2, -0.15) is 4.98 Å². The first-order valence-corrected chi connectivity index (χ1v) is 9.39. The molecule has 0 radical (unpaired) electrons. The largest absolute Gasteiger partial charge is 0.339 e. The SMILES string of the molecule is O=C(/C=C/c1ccccc1)N1CCCC(Cc2nc(-c3cnccn3)no2)C1. The lowest BCUT2D eigenvalue weighted by atomic mass is 9.94. The molecular formula is C21H21N5O2. The summed E-state index contributed by atoms with van der Waals surface area (Å²) in [5.41, 5.74) is 1.61. The van der Waals surface area contributed by atoms with Gasteiger partial charge in [-0.15, -0.1) is 0 Å². The maximum absolute atomic E-state index is 12.5. The Kier molecular flexibility index (Phi) is 5.51. The van der Waals surface area contributed by atoms with Crippen LogP contribution in [0.2, 0.25) is 0 Å². The summed E-state index contributed by atoms with van der Waals surface area (Å²) in [5.74, 6) is 1.36. The van der Waals surface area contributed by atoms with Crippen molar-refractivity contribution in [1.29, 1.82) is 0 Å². The average molecular weight is 375 g/mol. The van der Waals surface area contributed by atoms with Gasteiger partial charge in [0.05, 0.1) is 6.20 Å².